The molecule has 2 aromatic rings. The summed E-state index contributed by atoms with van der Waals surface area (Å²) in [5, 5.41) is 0. The third-order valence-electron chi connectivity index (χ3n) is 3.15. The van der Waals surface area contributed by atoms with E-state index in [1.807, 2.05) is 18.4 Å². The minimum absolute atomic E-state index is 0.0727. The Morgan fingerprint density at radius 1 is 1.30 bits per heavy atom. The Hall–Kier alpha value is -2.43. The van der Waals surface area contributed by atoms with Crippen molar-refractivity contribution in [3.05, 3.63) is 48.0 Å². The average Bonchev–Trinajstić information content (AvgIpc) is 2.95. The molecule has 0 spiro atoms. The van der Waals surface area contributed by atoms with Crippen molar-refractivity contribution in [3.8, 4) is 0 Å². The van der Waals surface area contributed by atoms with Crippen molar-refractivity contribution in [2.24, 2.45) is 0 Å². The first-order chi connectivity index (χ1) is 9.54. The molecule has 5 nitrogen and oxygen atoms in total. The molecule has 1 aromatic carbocycles. The zero-order valence-electron chi connectivity index (χ0n) is 11.8. The first-order valence-corrected chi connectivity index (χ1v) is 6.39. The average molecular weight is 271 g/mol. The number of imidazole rings is 1. The van der Waals surface area contributed by atoms with E-state index < -0.39 is 0 Å². The van der Waals surface area contributed by atoms with Gasteiger partial charge in [0.2, 0.25) is 12.2 Å². The van der Waals surface area contributed by atoms with E-state index in [2.05, 4.69) is 4.98 Å². The van der Waals surface area contributed by atoms with Crippen molar-refractivity contribution in [2.75, 3.05) is 11.9 Å². The van der Waals surface area contributed by atoms with Crippen LogP contribution < -0.4 is 4.90 Å². The quantitative estimate of drug-likeness (QED) is 0.619. The lowest BCUT2D eigenvalue weighted by Crippen LogP contribution is -2.14. The van der Waals surface area contributed by atoms with Crippen LogP contribution in [0.25, 0.3) is 0 Å². The molecular weight excluding hydrogens is 254 g/mol. The Morgan fingerprint density at radius 3 is 2.50 bits per heavy atom. The Kier molecular flexibility index (Phi) is 3.98. The normalized spacial score (nSPS) is 10.6. The SMILES string of the molecule is CC(C)n1cncc1C(=O)c1ccc(N(C)C=O)cc1. The van der Waals surface area contributed by atoms with Gasteiger partial charge in [0.25, 0.3) is 0 Å². The van der Waals surface area contributed by atoms with Crippen molar-refractivity contribution in [1.29, 1.82) is 0 Å². The molecular formula is C15H17N3O2. The molecule has 0 bridgehead atoms. The smallest absolute Gasteiger partial charge is 0.213 e. The largest absolute Gasteiger partial charge is 0.325 e. The van der Waals surface area contributed by atoms with Gasteiger partial charge in [0.05, 0.1) is 12.5 Å². The molecule has 0 unspecified atom stereocenters. The van der Waals surface area contributed by atoms with Crippen LogP contribution in [0.15, 0.2) is 36.8 Å². The molecule has 1 aromatic heterocycles. The summed E-state index contributed by atoms with van der Waals surface area (Å²) < 4.78 is 1.84. The summed E-state index contributed by atoms with van der Waals surface area (Å²) in [5.74, 6) is -0.0727. The van der Waals surface area contributed by atoms with Crippen LogP contribution in [0.1, 0.15) is 35.9 Å². The van der Waals surface area contributed by atoms with Crippen LogP contribution in [-0.4, -0.2) is 28.8 Å². The maximum Gasteiger partial charge on any atom is 0.213 e. The van der Waals surface area contributed by atoms with E-state index in [0.29, 0.717) is 11.3 Å². The summed E-state index contributed by atoms with van der Waals surface area (Å²) in [7, 11) is 1.66. The molecule has 5 heteroatoms. The van der Waals surface area contributed by atoms with Gasteiger partial charge in [0, 0.05) is 24.3 Å². The van der Waals surface area contributed by atoms with Gasteiger partial charge >= 0.3 is 0 Å². The summed E-state index contributed by atoms with van der Waals surface area (Å²) in [6.45, 7) is 4.00. The maximum atomic E-state index is 12.4. The van der Waals surface area contributed by atoms with Gasteiger partial charge in [-0.3, -0.25) is 9.59 Å². The zero-order chi connectivity index (χ0) is 14.7. The van der Waals surface area contributed by atoms with Gasteiger partial charge < -0.3 is 9.47 Å². The van der Waals surface area contributed by atoms with Crippen LogP contribution >= 0.6 is 0 Å². The third-order valence-corrected chi connectivity index (χ3v) is 3.15. The van der Waals surface area contributed by atoms with Crippen LogP contribution in [-0.2, 0) is 4.79 Å². The second-order valence-corrected chi connectivity index (χ2v) is 4.87. The molecule has 1 amide bonds. The molecule has 104 valence electrons. The number of amides is 1. The highest BCUT2D eigenvalue weighted by atomic mass is 16.1. The number of ketones is 1. The number of anilines is 1. The number of carbonyl (C=O) groups excluding carboxylic acids is 2. The van der Waals surface area contributed by atoms with E-state index in [4.69, 9.17) is 0 Å². The lowest BCUT2D eigenvalue weighted by molar-refractivity contribution is -0.107. The molecule has 0 saturated heterocycles. The molecule has 0 atom stereocenters. The molecule has 0 aliphatic heterocycles. The fourth-order valence-electron chi connectivity index (χ4n) is 1.95. The predicted molar refractivity (Wildman–Crippen MR) is 77.0 cm³/mol. The van der Waals surface area contributed by atoms with E-state index in [-0.39, 0.29) is 11.8 Å². The third kappa shape index (κ3) is 2.61. The summed E-state index contributed by atoms with van der Waals surface area (Å²) in [6, 6.07) is 7.11. The molecule has 0 radical (unpaired) electrons. The van der Waals surface area contributed by atoms with Crippen LogP contribution in [0.5, 0.6) is 0 Å². The molecule has 1 heterocycles. The Bertz CT molecular complexity index is 614. The minimum atomic E-state index is -0.0727. The Morgan fingerprint density at radius 2 is 1.95 bits per heavy atom. The van der Waals surface area contributed by atoms with Crippen molar-refractivity contribution in [2.45, 2.75) is 19.9 Å². The first kappa shape index (κ1) is 14.0. The standard InChI is InChI=1S/C15H17N3O2/c1-11(2)18-9-16-8-14(18)15(20)12-4-6-13(7-5-12)17(3)10-19/h4-11H,1-3H3. The summed E-state index contributed by atoms with van der Waals surface area (Å²) in [5.41, 5.74) is 1.89. The van der Waals surface area contributed by atoms with Gasteiger partial charge in [0.1, 0.15) is 5.69 Å². The van der Waals surface area contributed by atoms with Crippen LogP contribution in [0, 0.1) is 0 Å². The fourth-order valence-corrected chi connectivity index (χ4v) is 1.95. The Balaban J connectivity index is 2.29. The number of hydrogen-bond donors (Lipinski definition) is 0. The molecule has 0 saturated carbocycles. The van der Waals surface area contributed by atoms with E-state index in [9.17, 15) is 9.59 Å². The van der Waals surface area contributed by atoms with E-state index in [1.54, 1.807) is 43.8 Å². The van der Waals surface area contributed by atoms with Crippen LogP contribution in [0.2, 0.25) is 0 Å². The van der Waals surface area contributed by atoms with Crippen molar-refractivity contribution in [3.63, 3.8) is 0 Å². The van der Waals surface area contributed by atoms with Gasteiger partial charge in [-0.05, 0) is 38.1 Å². The lowest BCUT2D eigenvalue weighted by Gasteiger charge is -2.12. The molecule has 0 N–H and O–H groups in total. The van der Waals surface area contributed by atoms with E-state index in [0.717, 1.165) is 12.1 Å². The second kappa shape index (κ2) is 5.69. The van der Waals surface area contributed by atoms with Crippen molar-refractivity contribution < 1.29 is 9.59 Å². The predicted octanol–water partition coefficient (Wildman–Crippen LogP) is 2.29. The number of rotatable bonds is 5. The maximum absolute atomic E-state index is 12.4. The molecule has 2 rings (SSSR count). The summed E-state index contributed by atoms with van der Waals surface area (Å²) >= 11 is 0. The highest BCUT2D eigenvalue weighted by Crippen LogP contribution is 2.17. The lowest BCUT2D eigenvalue weighted by atomic mass is 10.1. The van der Waals surface area contributed by atoms with Gasteiger partial charge in [-0.1, -0.05) is 0 Å². The summed E-state index contributed by atoms with van der Waals surface area (Å²) in [6.07, 6.45) is 3.96. The van der Waals surface area contributed by atoms with E-state index in [1.165, 1.54) is 4.90 Å². The van der Waals surface area contributed by atoms with E-state index >= 15 is 0 Å². The zero-order valence-corrected chi connectivity index (χ0v) is 11.8. The van der Waals surface area contributed by atoms with Gasteiger partial charge in [-0.25, -0.2) is 4.98 Å². The number of carbonyl (C=O) groups is 2. The van der Waals surface area contributed by atoms with Crippen molar-refractivity contribution >= 4 is 17.9 Å². The number of aromatic nitrogens is 2. The Labute approximate surface area is 117 Å². The fraction of sp³-hybridized carbons (Fsp3) is 0.267. The topological polar surface area (TPSA) is 55.2 Å². The molecule has 20 heavy (non-hydrogen) atoms. The number of hydrogen-bond acceptors (Lipinski definition) is 3. The summed E-state index contributed by atoms with van der Waals surface area (Å²) in [4.78, 5) is 28.6. The minimum Gasteiger partial charge on any atom is -0.325 e. The van der Waals surface area contributed by atoms with Crippen molar-refractivity contribution in [1.82, 2.24) is 9.55 Å². The first-order valence-electron chi connectivity index (χ1n) is 6.39. The second-order valence-electron chi connectivity index (χ2n) is 4.87. The molecule has 0 aliphatic carbocycles. The monoisotopic (exact) mass is 271 g/mol. The van der Waals surface area contributed by atoms with Crippen LogP contribution in [0.3, 0.4) is 0 Å². The highest BCUT2D eigenvalue weighted by molar-refractivity contribution is 6.08. The van der Waals surface area contributed by atoms with Gasteiger partial charge in [0.15, 0.2) is 0 Å². The van der Waals surface area contributed by atoms with Gasteiger partial charge in [-0.15, -0.1) is 0 Å². The number of benzene rings is 1. The van der Waals surface area contributed by atoms with Gasteiger partial charge in [-0.2, -0.15) is 0 Å². The number of nitrogens with zero attached hydrogens (tertiary/aromatic N) is 3. The van der Waals surface area contributed by atoms with Crippen LogP contribution in [0.4, 0.5) is 5.69 Å². The molecule has 0 fully saturated rings. The highest BCUT2D eigenvalue weighted by Gasteiger charge is 2.15. The molecule has 0 aliphatic rings.